The van der Waals surface area contributed by atoms with Crippen LogP contribution in [-0.2, 0) is 24.1 Å². The smallest absolute Gasteiger partial charge is 0.258 e. The van der Waals surface area contributed by atoms with Gasteiger partial charge in [0, 0.05) is 29.0 Å². The Kier molecular flexibility index (Phi) is 4.72. The lowest BCUT2D eigenvalue weighted by molar-refractivity contribution is -0.118. The van der Waals surface area contributed by atoms with E-state index >= 15 is 0 Å². The van der Waals surface area contributed by atoms with Gasteiger partial charge in [0.15, 0.2) is 5.78 Å². The maximum atomic E-state index is 14.4. The SMILES string of the molecule is C[C@@H]1CCc2cc(F)cc3c2[C@@H]1C(=O)C(Cc1c(O)c2cc(F)cc4c2n(c1=O)[C@H](C)CC4)=C3O. The minimum absolute atomic E-state index is 0.0209. The molecule has 1 aliphatic heterocycles. The number of ketones is 1. The monoisotopic (exact) mass is 477 g/mol. The molecule has 0 amide bonds. The predicted octanol–water partition coefficient (Wildman–Crippen LogP) is 5.25. The summed E-state index contributed by atoms with van der Waals surface area (Å²) in [5, 5.41) is 22.5. The van der Waals surface area contributed by atoms with Crippen molar-refractivity contribution in [2.24, 2.45) is 5.92 Å². The van der Waals surface area contributed by atoms with Gasteiger partial charge in [-0.25, -0.2) is 8.78 Å². The van der Waals surface area contributed by atoms with Gasteiger partial charge >= 0.3 is 0 Å². The van der Waals surface area contributed by atoms with Gasteiger partial charge in [0.2, 0.25) is 0 Å². The molecule has 7 heteroatoms. The molecule has 2 N–H and O–H groups in total. The van der Waals surface area contributed by atoms with E-state index in [4.69, 9.17) is 0 Å². The number of benzene rings is 2. The molecule has 0 saturated carbocycles. The summed E-state index contributed by atoms with van der Waals surface area (Å²) in [6, 6.07) is 5.05. The molecular formula is C28H25F2NO4. The average molecular weight is 478 g/mol. The largest absolute Gasteiger partial charge is 0.507 e. The Morgan fingerprint density at radius 1 is 0.971 bits per heavy atom. The first-order valence-electron chi connectivity index (χ1n) is 12.0. The van der Waals surface area contributed by atoms with E-state index in [0.29, 0.717) is 42.3 Å². The Hall–Kier alpha value is -3.48. The average Bonchev–Trinajstić information content (AvgIpc) is 2.81. The van der Waals surface area contributed by atoms with Gasteiger partial charge in [0.25, 0.3) is 5.56 Å². The first-order chi connectivity index (χ1) is 16.7. The third kappa shape index (κ3) is 3.03. The van der Waals surface area contributed by atoms with Gasteiger partial charge in [0.1, 0.15) is 23.1 Å². The fourth-order valence-electron chi connectivity index (χ4n) is 6.38. The molecule has 3 atom stereocenters. The number of aliphatic hydroxyl groups excluding tert-OH is 1. The number of aromatic nitrogens is 1. The third-order valence-corrected chi connectivity index (χ3v) is 8.14. The van der Waals surface area contributed by atoms with E-state index < -0.39 is 23.1 Å². The number of rotatable bonds is 2. The summed E-state index contributed by atoms with van der Waals surface area (Å²) in [5.41, 5.74) is 2.25. The van der Waals surface area contributed by atoms with Crippen LogP contribution in [0.2, 0.25) is 0 Å². The normalized spacial score (nSPS) is 23.1. The Morgan fingerprint density at radius 3 is 2.43 bits per heavy atom. The molecule has 35 heavy (non-hydrogen) atoms. The summed E-state index contributed by atoms with van der Waals surface area (Å²) in [6.45, 7) is 3.85. The standard InChI is InChI=1S/C28H25F2NO4/c1-12-3-5-14-7-16(29)9-18-23(14)22(12)27(34)20(25(18)32)11-21-26(33)19-10-17(30)8-15-6-4-13(2)31(24(15)19)28(21)35/h7-10,12-13,22,32-33H,3-6,11H2,1-2H3/t12-,13-,22-/m1/s1. The first-order valence-corrected chi connectivity index (χ1v) is 12.0. The van der Waals surface area contributed by atoms with Gasteiger partial charge in [-0.05, 0) is 79.5 Å². The van der Waals surface area contributed by atoms with Crippen molar-refractivity contribution < 1.29 is 23.8 Å². The van der Waals surface area contributed by atoms with Crippen molar-refractivity contribution in [1.82, 2.24) is 4.57 Å². The van der Waals surface area contributed by atoms with Crippen LogP contribution < -0.4 is 5.56 Å². The van der Waals surface area contributed by atoms with Crippen LogP contribution in [0.25, 0.3) is 16.7 Å². The Bertz CT molecular complexity index is 1550. The molecule has 0 saturated heterocycles. The van der Waals surface area contributed by atoms with Crippen molar-refractivity contribution in [2.75, 3.05) is 0 Å². The molecule has 180 valence electrons. The highest BCUT2D eigenvalue weighted by Crippen LogP contribution is 2.47. The summed E-state index contributed by atoms with van der Waals surface area (Å²) in [6.07, 6.45) is 2.22. The van der Waals surface area contributed by atoms with Crippen LogP contribution in [0.5, 0.6) is 5.75 Å². The van der Waals surface area contributed by atoms with Crippen molar-refractivity contribution >= 4 is 22.4 Å². The highest BCUT2D eigenvalue weighted by Gasteiger charge is 2.42. The number of carbonyl (C=O) groups excluding carboxylic acids is 1. The minimum atomic E-state index is -0.549. The number of hydrogen-bond donors (Lipinski definition) is 2. The summed E-state index contributed by atoms with van der Waals surface area (Å²) in [4.78, 5) is 27.3. The fourth-order valence-corrected chi connectivity index (χ4v) is 6.38. The molecule has 2 heterocycles. The predicted molar refractivity (Wildman–Crippen MR) is 128 cm³/mol. The van der Waals surface area contributed by atoms with Crippen LogP contribution >= 0.6 is 0 Å². The Labute approximate surface area is 200 Å². The van der Waals surface area contributed by atoms with Crippen molar-refractivity contribution in [3.8, 4) is 5.75 Å². The number of aryl methyl sites for hydroxylation is 2. The summed E-state index contributed by atoms with van der Waals surface area (Å²) < 4.78 is 30.3. The first kappa shape index (κ1) is 22.0. The van der Waals surface area contributed by atoms with Crippen LogP contribution in [0.15, 0.2) is 34.6 Å². The maximum absolute atomic E-state index is 14.4. The molecule has 0 fully saturated rings. The van der Waals surface area contributed by atoms with Crippen molar-refractivity contribution in [2.45, 2.75) is 57.9 Å². The number of halogens is 2. The number of hydrogen-bond acceptors (Lipinski definition) is 4. The highest BCUT2D eigenvalue weighted by molar-refractivity contribution is 6.09. The van der Waals surface area contributed by atoms with E-state index in [2.05, 4.69) is 0 Å². The summed E-state index contributed by atoms with van der Waals surface area (Å²) in [5.74, 6) is -2.65. The van der Waals surface area contributed by atoms with E-state index in [9.17, 15) is 28.6 Å². The lowest BCUT2D eigenvalue weighted by Gasteiger charge is -2.36. The molecular weight excluding hydrogens is 452 g/mol. The van der Waals surface area contributed by atoms with Gasteiger partial charge in [-0.15, -0.1) is 0 Å². The highest BCUT2D eigenvalue weighted by atomic mass is 19.1. The number of aromatic hydroxyl groups is 1. The van der Waals surface area contributed by atoms with Gasteiger partial charge in [-0.2, -0.15) is 0 Å². The molecule has 2 aromatic carbocycles. The molecule has 6 rings (SSSR count). The number of aliphatic hydroxyl groups is 1. The van der Waals surface area contributed by atoms with Crippen molar-refractivity contribution in [3.63, 3.8) is 0 Å². The lowest BCUT2D eigenvalue weighted by Crippen LogP contribution is -2.34. The van der Waals surface area contributed by atoms with Crippen molar-refractivity contribution in [3.05, 3.63) is 79.6 Å². The van der Waals surface area contributed by atoms with Crippen LogP contribution in [-0.4, -0.2) is 20.6 Å². The van der Waals surface area contributed by atoms with Crippen LogP contribution in [0.1, 0.15) is 66.5 Å². The fraction of sp³-hybridized carbons (Fsp3) is 0.357. The zero-order valence-electron chi connectivity index (χ0n) is 19.5. The molecule has 3 aromatic rings. The number of pyridine rings is 1. The summed E-state index contributed by atoms with van der Waals surface area (Å²) >= 11 is 0. The van der Waals surface area contributed by atoms with Gasteiger partial charge < -0.3 is 14.8 Å². The molecule has 1 aromatic heterocycles. The van der Waals surface area contributed by atoms with E-state index in [1.807, 2.05) is 13.8 Å². The second kappa shape index (κ2) is 7.51. The zero-order chi connectivity index (χ0) is 24.8. The minimum Gasteiger partial charge on any atom is -0.507 e. The Balaban J connectivity index is 1.59. The molecule has 3 aliphatic rings. The van der Waals surface area contributed by atoms with E-state index in [-0.39, 0.29) is 57.8 Å². The quantitative estimate of drug-likeness (QED) is 0.528. The molecule has 5 nitrogen and oxygen atoms in total. The molecule has 0 radical (unpaired) electrons. The lowest BCUT2D eigenvalue weighted by atomic mass is 9.67. The third-order valence-electron chi connectivity index (χ3n) is 8.14. The molecule has 2 aliphatic carbocycles. The van der Waals surface area contributed by atoms with Gasteiger partial charge in [0.05, 0.1) is 17.0 Å². The molecule has 0 spiro atoms. The van der Waals surface area contributed by atoms with Crippen molar-refractivity contribution in [1.29, 1.82) is 0 Å². The van der Waals surface area contributed by atoms with E-state index in [0.717, 1.165) is 5.56 Å². The van der Waals surface area contributed by atoms with Gasteiger partial charge in [-0.1, -0.05) is 6.92 Å². The second-order valence-corrected chi connectivity index (χ2v) is 10.2. The number of nitrogens with zero attached hydrogens (tertiary/aromatic N) is 1. The topological polar surface area (TPSA) is 79.5 Å². The van der Waals surface area contributed by atoms with E-state index in [1.54, 1.807) is 4.57 Å². The zero-order valence-corrected chi connectivity index (χ0v) is 19.5. The van der Waals surface area contributed by atoms with E-state index in [1.165, 1.54) is 24.3 Å². The van der Waals surface area contributed by atoms with Gasteiger partial charge in [-0.3, -0.25) is 9.59 Å². The number of carbonyl (C=O) groups is 1. The second-order valence-electron chi connectivity index (χ2n) is 10.2. The van der Waals surface area contributed by atoms with Crippen LogP contribution in [0.3, 0.4) is 0 Å². The van der Waals surface area contributed by atoms with Crippen LogP contribution in [0.4, 0.5) is 8.78 Å². The van der Waals surface area contributed by atoms with Crippen LogP contribution in [0, 0.1) is 17.6 Å². The Morgan fingerprint density at radius 2 is 1.66 bits per heavy atom. The maximum Gasteiger partial charge on any atom is 0.258 e. The molecule has 0 unspecified atom stereocenters. The number of Topliss-reactive ketones (excluding diaryl/α,β-unsaturated/α-hetero) is 1. The number of allylic oxidation sites excluding steroid dienone is 1. The molecule has 0 bridgehead atoms. The summed E-state index contributed by atoms with van der Waals surface area (Å²) in [7, 11) is 0.